The number of amides is 1. The van der Waals surface area contributed by atoms with E-state index in [1.165, 1.54) is 4.31 Å². The summed E-state index contributed by atoms with van der Waals surface area (Å²) in [5.41, 5.74) is 0. The van der Waals surface area contributed by atoms with Gasteiger partial charge in [0.25, 0.3) is 10.2 Å². The van der Waals surface area contributed by atoms with Crippen LogP contribution in [0.4, 0.5) is 0 Å². The largest absolute Gasteiger partial charge is 0.468 e. The maximum absolute atomic E-state index is 12.4. The number of furan rings is 1. The second-order valence-electron chi connectivity index (χ2n) is 5.44. The van der Waals surface area contributed by atoms with E-state index < -0.39 is 10.2 Å². The van der Waals surface area contributed by atoms with Gasteiger partial charge < -0.3 is 9.73 Å². The molecule has 0 bridgehead atoms. The van der Waals surface area contributed by atoms with Crippen molar-refractivity contribution >= 4 is 16.1 Å². The van der Waals surface area contributed by atoms with Gasteiger partial charge in [0.15, 0.2) is 0 Å². The number of hydrogen-bond donors (Lipinski definition) is 2. The van der Waals surface area contributed by atoms with Crippen molar-refractivity contribution in [1.29, 1.82) is 0 Å². The van der Waals surface area contributed by atoms with Crippen molar-refractivity contribution in [1.82, 2.24) is 14.3 Å². The maximum atomic E-state index is 12.4. The Kier molecular flexibility index (Phi) is 4.01. The average molecular weight is 313 g/mol. The van der Waals surface area contributed by atoms with E-state index in [4.69, 9.17) is 4.42 Å². The van der Waals surface area contributed by atoms with E-state index in [1.54, 1.807) is 18.4 Å². The van der Waals surface area contributed by atoms with E-state index in [-0.39, 0.29) is 24.5 Å². The quantitative estimate of drug-likeness (QED) is 0.829. The Morgan fingerprint density at radius 3 is 2.95 bits per heavy atom. The lowest BCUT2D eigenvalue weighted by Crippen LogP contribution is -2.45. The SMILES string of the molecule is O=C1CC[C@H](CNS(=O)(=O)N2CCC[C@H]2c2ccco2)N1. The van der Waals surface area contributed by atoms with Gasteiger partial charge in [-0.3, -0.25) is 4.79 Å². The van der Waals surface area contributed by atoms with E-state index in [0.29, 0.717) is 25.1 Å². The minimum atomic E-state index is -3.57. The zero-order valence-corrected chi connectivity index (χ0v) is 12.4. The number of nitrogens with zero attached hydrogens (tertiary/aromatic N) is 1. The van der Waals surface area contributed by atoms with Gasteiger partial charge in [-0.05, 0) is 31.4 Å². The fourth-order valence-corrected chi connectivity index (χ4v) is 4.40. The van der Waals surface area contributed by atoms with Gasteiger partial charge in [0, 0.05) is 25.6 Å². The van der Waals surface area contributed by atoms with Crippen LogP contribution in [0.15, 0.2) is 22.8 Å². The lowest BCUT2D eigenvalue weighted by atomic mass is 10.2. The van der Waals surface area contributed by atoms with E-state index in [2.05, 4.69) is 10.0 Å². The molecule has 2 N–H and O–H groups in total. The fraction of sp³-hybridized carbons (Fsp3) is 0.615. The van der Waals surface area contributed by atoms with Gasteiger partial charge in [-0.25, -0.2) is 4.72 Å². The maximum Gasteiger partial charge on any atom is 0.280 e. The van der Waals surface area contributed by atoms with Crippen LogP contribution >= 0.6 is 0 Å². The summed E-state index contributed by atoms with van der Waals surface area (Å²) < 4.78 is 34.3. The Bertz CT molecular complexity index is 599. The van der Waals surface area contributed by atoms with Crippen molar-refractivity contribution in [2.75, 3.05) is 13.1 Å². The number of carbonyl (C=O) groups is 1. The van der Waals surface area contributed by atoms with Gasteiger partial charge in [0.1, 0.15) is 5.76 Å². The molecule has 0 saturated carbocycles. The van der Waals surface area contributed by atoms with E-state index in [1.807, 2.05) is 0 Å². The summed E-state index contributed by atoms with van der Waals surface area (Å²) in [5, 5.41) is 2.75. The van der Waals surface area contributed by atoms with Crippen LogP contribution in [0.5, 0.6) is 0 Å². The smallest absolute Gasteiger partial charge is 0.280 e. The first-order chi connectivity index (χ1) is 10.1. The Labute approximate surface area is 123 Å². The summed E-state index contributed by atoms with van der Waals surface area (Å²) in [6.07, 6.45) is 4.26. The molecule has 116 valence electrons. The third-order valence-electron chi connectivity index (χ3n) is 3.98. The van der Waals surface area contributed by atoms with Crippen molar-refractivity contribution in [2.24, 2.45) is 0 Å². The van der Waals surface area contributed by atoms with Crippen molar-refractivity contribution in [3.8, 4) is 0 Å². The van der Waals surface area contributed by atoms with Crippen LogP contribution in [0.3, 0.4) is 0 Å². The summed E-state index contributed by atoms with van der Waals surface area (Å²) in [7, 11) is -3.57. The zero-order chi connectivity index (χ0) is 14.9. The monoisotopic (exact) mass is 313 g/mol. The number of hydrogen-bond acceptors (Lipinski definition) is 4. The minimum absolute atomic E-state index is 0.0196. The third-order valence-corrected chi connectivity index (χ3v) is 5.57. The Hall–Kier alpha value is -1.38. The molecule has 1 aromatic rings. The van der Waals surface area contributed by atoms with Crippen molar-refractivity contribution in [2.45, 2.75) is 37.8 Å². The van der Waals surface area contributed by atoms with Crippen molar-refractivity contribution in [3.63, 3.8) is 0 Å². The van der Waals surface area contributed by atoms with Crippen LogP contribution in [-0.4, -0.2) is 37.8 Å². The van der Waals surface area contributed by atoms with Crippen LogP contribution in [0.2, 0.25) is 0 Å². The van der Waals surface area contributed by atoms with E-state index in [0.717, 1.165) is 12.8 Å². The zero-order valence-electron chi connectivity index (χ0n) is 11.6. The standard InChI is InChI=1S/C13H19N3O4S/c17-13-6-5-10(15-13)9-14-21(18,19)16-7-1-3-11(16)12-4-2-8-20-12/h2,4,8,10-11,14H,1,3,5-7,9H2,(H,15,17)/t10-,11+/m1/s1. The molecule has 7 nitrogen and oxygen atoms in total. The van der Waals surface area contributed by atoms with Gasteiger partial charge in [-0.15, -0.1) is 0 Å². The van der Waals surface area contributed by atoms with Crippen LogP contribution in [0.1, 0.15) is 37.5 Å². The molecule has 0 aliphatic carbocycles. The Balaban J connectivity index is 1.65. The number of nitrogens with one attached hydrogen (secondary N) is 2. The molecule has 21 heavy (non-hydrogen) atoms. The summed E-state index contributed by atoms with van der Waals surface area (Å²) >= 11 is 0. The summed E-state index contributed by atoms with van der Waals surface area (Å²) in [4.78, 5) is 11.1. The minimum Gasteiger partial charge on any atom is -0.468 e. The van der Waals surface area contributed by atoms with Crippen molar-refractivity contribution < 1.29 is 17.6 Å². The molecule has 0 unspecified atom stereocenters. The summed E-state index contributed by atoms with van der Waals surface area (Å²) in [5.74, 6) is 0.654. The van der Waals surface area contributed by atoms with Gasteiger partial charge in [0.2, 0.25) is 5.91 Å². The number of carbonyl (C=O) groups excluding carboxylic acids is 1. The van der Waals surface area contributed by atoms with Crippen LogP contribution < -0.4 is 10.0 Å². The fourth-order valence-electron chi connectivity index (χ4n) is 2.91. The Morgan fingerprint density at radius 2 is 2.29 bits per heavy atom. The first-order valence-corrected chi connectivity index (χ1v) is 8.59. The van der Waals surface area contributed by atoms with Crippen LogP contribution in [0.25, 0.3) is 0 Å². The van der Waals surface area contributed by atoms with E-state index >= 15 is 0 Å². The van der Waals surface area contributed by atoms with Gasteiger partial charge in [0.05, 0.1) is 12.3 Å². The second-order valence-corrected chi connectivity index (χ2v) is 7.15. The molecule has 0 radical (unpaired) electrons. The molecule has 0 spiro atoms. The molecule has 8 heteroatoms. The summed E-state index contributed by atoms with van der Waals surface area (Å²) in [6.45, 7) is 0.715. The number of rotatable bonds is 5. The molecular weight excluding hydrogens is 294 g/mol. The highest BCUT2D eigenvalue weighted by molar-refractivity contribution is 7.87. The van der Waals surface area contributed by atoms with Crippen molar-refractivity contribution in [3.05, 3.63) is 24.2 Å². The first-order valence-electron chi connectivity index (χ1n) is 7.15. The molecule has 1 aromatic heterocycles. The average Bonchev–Trinajstić information content (AvgIpc) is 3.17. The van der Waals surface area contributed by atoms with Gasteiger partial charge >= 0.3 is 0 Å². The molecule has 2 saturated heterocycles. The molecule has 3 heterocycles. The predicted octanol–water partition coefficient (Wildman–Crippen LogP) is 0.529. The van der Waals surface area contributed by atoms with Gasteiger partial charge in [-0.1, -0.05) is 0 Å². The lowest BCUT2D eigenvalue weighted by molar-refractivity contribution is -0.119. The molecule has 1 amide bonds. The molecule has 0 aromatic carbocycles. The normalized spacial score (nSPS) is 27.1. The second kappa shape index (κ2) is 5.78. The lowest BCUT2D eigenvalue weighted by Gasteiger charge is -2.23. The summed E-state index contributed by atoms with van der Waals surface area (Å²) in [6, 6.07) is 3.21. The first kappa shape index (κ1) is 14.6. The molecular formula is C13H19N3O4S. The predicted molar refractivity (Wildman–Crippen MR) is 75.5 cm³/mol. The molecule has 2 aliphatic heterocycles. The molecule has 2 aliphatic rings. The molecule has 2 fully saturated rings. The van der Waals surface area contributed by atoms with Crippen LogP contribution in [0, 0.1) is 0 Å². The van der Waals surface area contributed by atoms with E-state index in [9.17, 15) is 13.2 Å². The van der Waals surface area contributed by atoms with Gasteiger partial charge in [-0.2, -0.15) is 12.7 Å². The highest BCUT2D eigenvalue weighted by Gasteiger charge is 2.37. The topological polar surface area (TPSA) is 91.7 Å². The third kappa shape index (κ3) is 3.12. The van der Waals surface area contributed by atoms with Crippen LogP contribution in [-0.2, 0) is 15.0 Å². The highest BCUT2D eigenvalue weighted by atomic mass is 32.2. The molecule has 3 rings (SSSR count). The Morgan fingerprint density at radius 1 is 1.43 bits per heavy atom. The highest BCUT2D eigenvalue weighted by Crippen LogP contribution is 2.33. The molecule has 2 atom stereocenters.